The number of rotatable bonds is 4. The topological polar surface area (TPSA) is 92.9 Å². The Bertz CT molecular complexity index is 583. The molecule has 2 aromatic rings. The number of aryl methyl sites for hydroxylation is 1. The maximum atomic E-state index is 13.7. The molecule has 18 heavy (non-hydrogen) atoms. The van der Waals surface area contributed by atoms with Gasteiger partial charge in [-0.1, -0.05) is 0 Å². The van der Waals surface area contributed by atoms with Crippen LogP contribution < -0.4 is 5.32 Å². The van der Waals surface area contributed by atoms with E-state index in [0.717, 1.165) is 6.07 Å². The van der Waals surface area contributed by atoms with Crippen LogP contribution in [-0.2, 0) is 13.6 Å². The predicted octanol–water partition coefficient (Wildman–Crippen LogP) is 0.659. The van der Waals surface area contributed by atoms with Crippen molar-refractivity contribution in [1.29, 1.82) is 0 Å². The number of anilines is 1. The standard InChI is InChI=1S/C10H10FN5O2/c1-16-5-14-7(15-16)4-13-9-8(11)6(10(17)18)2-3-12-9/h2-3,5H,4H2,1H3,(H,12,13)(H,17,18). The zero-order chi connectivity index (χ0) is 13.1. The average Bonchev–Trinajstić information content (AvgIpc) is 2.73. The summed E-state index contributed by atoms with van der Waals surface area (Å²) < 4.78 is 15.2. The van der Waals surface area contributed by atoms with Crippen LogP contribution in [0.2, 0.25) is 0 Å². The highest BCUT2D eigenvalue weighted by atomic mass is 19.1. The van der Waals surface area contributed by atoms with Crippen LogP contribution >= 0.6 is 0 Å². The molecule has 0 amide bonds. The maximum absolute atomic E-state index is 13.7. The lowest BCUT2D eigenvalue weighted by Crippen LogP contribution is -2.09. The third-order valence-corrected chi connectivity index (χ3v) is 2.18. The minimum absolute atomic E-state index is 0.137. The van der Waals surface area contributed by atoms with E-state index in [-0.39, 0.29) is 12.4 Å². The number of aromatic carboxylic acids is 1. The molecule has 0 aliphatic heterocycles. The van der Waals surface area contributed by atoms with Crippen molar-refractivity contribution in [3.05, 3.63) is 35.8 Å². The predicted molar refractivity (Wildman–Crippen MR) is 59.5 cm³/mol. The summed E-state index contributed by atoms with van der Waals surface area (Å²) in [4.78, 5) is 18.4. The molecule has 0 radical (unpaired) electrons. The number of hydrogen-bond donors (Lipinski definition) is 2. The first-order chi connectivity index (χ1) is 8.58. The summed E-state index contributed by atoms with van der Waals surface area (Å²) in [6.45, 7) is 0.161. The summed E-state index contributed by atoms with van der Waals surface area (Å²) in [6, 6.07) is 1.10. The molecule has 0 saturated carbocycles. The number of carboxylic acids is 1. The Kier molecular flexibility index (Phi) is 3.18. The van der Waals surface area contributed by atoms with Gasteiger partial charge in [0.1, 0.15) is 11.9 Å². The van der Waals surface area contributed by atoms with Gasteiger partial charge >= 0.3 is 5.97 Å². The van der Waals surface area contributed by atoms with Gasteiger partial charge in [-0.3, -0.25) is 4.68 Å². The smallest absolute Gasteiger partial charge is 0.338 e. The third kappa shape index (κ3) is 2.42. The molecule has 2 rings (SSSR count). The van der Waals surface area contributed by atoms with E-state index in [1.165, 1.54) is 17.2 Å². The number of carbonyl (C=O) groups is 1. The molecule has 2 N–H and O–H groups in total. The molecule has 94 valence electrons. The summed E-state index contributed by atoms with van der Waals surface area (Å²) in [6.07, 6.45) is 2.73. The number of nitrogens with one attached hydrogen (secondary N) is 1. The Labute approximate surface area is 101 Å². The summed E-state index contributed by atoms with van der Waals surface area (Å²) in [5.74, 6) is -1.92. The molecule has 0 aliphatic rings. The Balaban J connectivity index is 2.14. The Morgan fingerprint density at radius 3 is 2.94 bits per heavy atom. The minimum Gasteiger partial charge on any atom is -0.478 e. The molecule has 0 spiro atoms. The number of nitrogens with zero attached hydrogens (tertiary/aromatic N) is 4. The van der Waals surface area contributed by atoms with E-state index in [9.17, 15) is 9.18 Å². The normalized spacial score (nSPS) is 10.3. The van der Waals surface area contributed by atoms with Crippen LogP contribution in [0.5, 0.6) is 0 Å². The first-order valence-electron chi connectivity index (χ1n) is 5.04. The highest BCUT2D eigenvalue weighted by Gasteiger charge is 2.15. The van der Waals surface area contributed by atoms with Crippen LogP contribution in [-0.4, -0.2) is 30.8 Å². The lowest BCUT2D eigenvalue weighted by Gasteiger charge is -2.05. The van der Waals surface area contributed by atoms with E-state index in [4.69, 9.17) is 5.11 Å². The van der Waals surface area contributed by atoms with Crippen LogP contribution in [0.15, 0.2) is 18.6 Å². The number of hydrogen-bond acceptors (Lipinski definition) is 5. The van der Waals surface area contributed by atoms with Gasteiger partial charge in [-0.2, -0.15) is 5.10 Å². The fraction of sp³-hybridized carbons (Fsp3) is 0.200. The first-order valence-corrected chi connectivity index (χ1v) is 5.04. The molecule has 2 heterocycles. The molecule has 8 heteroatoms. The van der Waals surface area contributed by atoms with Crippen molar-refractivity contribution < 1.29 is 14.3 Å². The average molecular weight is 251 g/mol. The van der Waals surface area contributed by atoms with Crippen molar-refractivity contribution in [2.75, 3.05) is 5.32 Å². The van der Waals surface area contributed by atoms with Crippen LogP contribution in [0.25, 0.3) is 0 Å². The summed E-state index contributed by atoms with van der Waals surface area (Å²) in [7, 11) is 1.71. The van der Waals surface area contributed by atoms with Crippen LogP contribution in [0.1, 0.15) is 16.2 Å². The fourth-order valence-corrected chi connectivity index (χ4v) is 1.36. The third-order valence-electron chi connectivity index (χ3n) is 2.18. The van der Waals surface area contributed by atoms with Crippen molar-refractivity contribution in [1.82, 2.24) is 19.7 Å². The quantitative estimate of drug-likeness (QED) is 0.829. The molecule has 0 fully saturated rings. The van der Waals surface area contributed by atoms with Crippen molar-refractivity contribution in [3.63, 3.8) is 0 Å². The summed E-state index contributed by atoms with van der Waals surface area (Å²) >= 11 is 0. The van der Waals surface area contributed by atoms with Gasteiger partial charge in [0.05, 0.1) is 6.54 Å². The van der Waals surface area contributed by atoms with E-state index >= 15 is 0 Å². The molecule has 0 atom stereocenters. The molecule has 2 aromatic heterocycles. The Hall–Kier alpha value is -2.51. The van der Waals surface area contributed by atoms with Gasteiger partial charge in [0.25, 0.3) is 0 Å². The maximum Gasteiger partial charge on any atom is 0.338 e. The second kappa shape index (κ2) is 4.78. The number of carboxylic acid groups (broad SMARTS) is 1. The van der Waals surface area contributed by atoms with Gasteiger partial charge in [-0.25, -0.2) is 19.2 Å². The Morgan fingerprint density at radius 1 is 1.56 bits per heavy atom. The van der Waals surface area contributed by atoms with E-state index in [1.807, 2.05) is 0 Å². The molecule has 0 unspecified atom stereocenters. The number of aromatic nitrogens is 4. The second-order valence-electron chi connectivity index (χ2n) is 3.51. The number of halogens is 1. The molecule has 0 aromatic carbocycles. The molecular weight excluding hydrogens is 241 g/mol. The van der Waals surface area contributed by atoms with Crippen molar-refractivity contribution in [2.45, 2.75) is 6.54 Å². The largest absolute Gasteiger partial charge is 0.478 e. The van der Waals surface area contributed by atoms with Gasteiger partial charge < -0.3 is 10.4 Å². The fourth-order valence-electron chi connectivity index (χ4n) is 1.36. The molecular formula is C10H10FN5O2. The highest BCUT2D eigenvalue weighted by Crippen LogP contribution is 2.15. The summed E-state index contributed by atoms with van der Waals surface area (Å²) in [5.41, 5.74) is -0.429. The lowest BCUT2D eigenvalue weighted by molar-refractivity contribution is 0.0692. The van der Waals surface area contributed by atoms with Crippen molar-refractivity contribution >= 4 is 11.8 Å². The van der Waals surface area contributed by atoms with E-state index in [2.05, 4.69) is 20.4 Å². The van der Waals surface area contributed by atoms with Crippen LogP contribution in [0, 0.1) is 5.82 Å². The summed E-state index contributed by atoms with van der Waals surface area (Å²) in [5, 5.41) is 15.4. The van der Waals surface area contributed by atoms with Crippen LogP contribution in [0.4, 0.5) is 10.2 Å². The zero-order valence-corrected chi connectivity index (χ0v) is 9.46. The minimum atomic E-state index is -1.34. The molecule has 0 bridgehead atoms. The molecule has 7 nitrogen and oxygen atoms in total. The first kappa shape index (κ1) is 12.0. The van der Waals surface area contributed by atoms with Gasteiger partial charge in [-0.05, 0) is 6.07 Å². The van der Waals surface area contributed by atoms with Gasteiger partial charge in [0.15, 0.2) is 17.5 Å². The van der Waals surface area contributed by atoms with Crippen LogP contribution in [0.3, 0.4) is 0 Å². The van der Waals surface area contributed by atoms with Gasteiger partial charge in [0, 0.05) is 13.2 Å². The van der Waals surface area contributed by atoms with E-state index in [1.54, 1.807) is 7.05 Å². The SMILES string of the molecule is Cn1cnc(CNc2nccc(C(=O)O)c2F)n1. The van der Waals surface area contributed by atoms with Gasteiger partial charge in [0.2, 0.25) is 0 Å². The van der Waals surface area contributed by atoms with E-state index in [0.29, 0.717) is 5.82 Å². The molecule has 0 saturated heterocycles. The van der Waals surface area contributed by atoms with Crippen molar-refractivity contribution in [2.24, 2.45) is 7.05 Å². The zero-order valence-electron chi connectivity index (χ0n) is 9.46. The van der Waals surface area contributed by atoms with E-state index < -0.39 is 17.3 Å². The number of pyridine rings is 1. The Morgan fingerprint density at radius 2 is 2.33 bits per heavy atom. The monoisotopic (exact) mass is 251 g/mol. The van der Waals surface area contributed by atoms with Crippen molar-refractivity contribution in [3.8, 4) is 0 Å². The lowest BCUT2D eigenvalue weighted by atomic mass is 10.2. The highest BCUT2D eigenvalue weighted by molar-refractivity contribution is 5.88. The molecule has 0 aliphatic carbocycles. The second-order valence-corrected chi connectivity index (χ2v) is 3.51. The van der Waals surface area contributed by atoms with Gasteiger partial charge in [-0.15, -0.1) is 0 Å².